The summed E-state index contributed by atoms with van der Waals surface area (Å²) >= 11 is 0. The summed E-state index contributed by atoms with van der Waals surface area (Å²) in [7, 11) is 0. The van der Waals surface area contributed by atoms with Crippen LogP contribution in [-0.4, -0.2) is 130 Å². The van der Waals surface area contributed by atoms with E-state index in [1.54, 1.807) is 0 Å². The SMILES string of the molecule is CC(=O)CNC(=O)COCCOCCNC(=O)COCCOCCNC(=O)CC[C@@H](NC(=O)CCCCCCCCCCCCCCCCC(=O)O)C(=O)O. The zero-order chi connectivity index (χ0) is 40.8. The number of carboxylic acids is 2. The molecule has 0 aliphatic heterocycles. The summed E-state index contributed by atoms with van der Waals surface area (Å²) in [6.45, 7) is 2.71. The van der Waals surface area contributed by atoms with E-state index in [0.29, 0.717) is 6.42 Å². The second-order valence-electron chi connectivity index (χ2n) is 13.3. The molecule has 0 saturated carbocycles. The van der Waals surface area contributed by atoms with Crippen LogP contribution in [0.5, 0.6) is 0 Å². The predicted octanol–water partition coefficient (Wildman–Crippen LogP) is 2.67. The third-order valence-corrected chi connectivity index (χ3v) is 8.22. The third-order valence-electron chi connectivity index (χ3n) is 8.22. The van der Waals surface area contributed by atoms with Gasteiger partial charge in [0, 0.05) is 32.4 Å². The van der Waals surface area contributed by atoms with Crippen molar-refractivity contribution in [3.8, 4) is 0 Å². The molecular formula is C38H68N4O13. The zero-order valence-electron chi connectivity index (χ0n) is 33.0. The normalized spacial score (nSPS) is 11.4. The number of hydrogen-bond acceptors (Lipinski definition) is 11. The molecule has 0 bridgehead atoms. The van der Waals surface area contributed by atoms with Crippen LogP contribution < -0.4 is 21.3 Å². The van der Waals surface area contributed by atoms with Gasteiger partial charge in [0.1, 0.15) is 25.0 Å². The van der Waals surface area contributed by atoms with E-state index in [1.165, 1.54) is 51.9 Å². The lowest BCUT2D eigenvalue weighted by Gasteiger charge is -2.14. The number of hydrogen-bond donors (Lipinski definition) is 6. The molecule has 0 rings (SSSR count). The Labute approximate surface area is 326 Å². The average Bonchev–Trinajstić information content (AvgIpc) is 3.14. The highest BCUT2D eigenvalue weighted by atomic mass is 16.5. The van der Waals surface area contributed by atoms with E-state index in [-0.39, 0.29) is 128 Å². The maximum absolute atomic E-state index is 12.3. The van der Waals surface area contributed by atoms with Crippen molar-refractivity contribution in [2.45, 2.75) is 129 Å². The Morgan fingerprint density at radius 1 is 0.473 bits per heavy atom. The number of unbranched alkanes of at least 4 members (excludes halogenated alkanes) is 13. The van der Waals surface area contributed by atoms with Gasteiger partial charge in [0.2, 0.25) is 23.6 Å². The van der Waals surface area contributed by atoms with Crippen LogP contribution >= 0.6 is 0 Å². The molecule has 4 amide bonds. The monoisotopic (exact) mass is 788 g/mol. The van der Waals surface area contributed by atoms with Gasteiger partial charge in [-0.1, -0.05) is 77.0 Å². The maximum Gasteiger partial charge on any atom is 0.326 e. The minimum Gasteiger partial charge on any atom is -0.481 e. The van der Waals surface area contributed by atoms with Crippen molar-refractivity contribution in [3.05, 3.63) is 0 Å². The van der Waals surface area contributed by atoms with Crippen LogP contribution in [0.4, 0.5) is 0 Å². The van der Waals surface area contributed by atoms with Crippen LogP contribution in [-0.2, 0) is 52.5 Å². The van der Waals surface area contributed by atoms with Gasteiger partial charge in [0.05, 0.1) is 46.2 Å². The highest BCUT2D eigenvalue weighted by Gasteiger charge is 2.20. The fraction of sp³-hybridized carbons (Fsp3) is 0.816. The lowest BCUT2D eigenvalue weighted by Crippen LogP contribution is -2.41. The van der Waals surface area contributed by atoms with Crippen molar-refractivity contribution in [3.63, 3.8) is 0 Å². The van der Waals surface area contributed by atoms with Gasteiger partial charge in [-0.25, -0.2) is 4.79 Å². The molecule has 0 aromatic rings. The molecule has 0 radical (unpaired) electrons. The fourth-order valence-corrected chi connectivity index (χ4v) is 5.19. The molecule has 6 N–H and O–H groups in total. The average molecular weight is 789 g/mol. The number of Topliss-reactive ketones (excluding diaryl/α,β-unsaturated/α-hetero) is 1. The number of aliphatic carboxylic acids is 2. The number of rotatable bonds is 40. The highest BCUT2D eigenvalue weighted by Crippen LogP contribution is 2.14. The fourth-order valence-electron chi connectivity index (χ4n) is 5.19. The number of carboxylic acid groups (broad SMARTS) is 2. The molecular weight excluding hydrogens is 720 g/mol. The Morgan fingerprint density at radius 3 is 1.35 bits per heavy atom. The molecule has 0 heterocycles. The first-order valence-corrected chi connectivity index (χ1v) is 19.9. The minimum absolute atomic E-state index is 0.0267. The first-order chi connectivity index (χ1) is 26.5. The summed E-state index contributed by atoms with van der Waals surface area (Å²) in [5.74, 6) is -3.45. The molecule has 0 unspecified atom stereocenters. The summed E-state index contributed by atoms with van der Waals surface area (Å²) in [4.78, 5) is 80.5. The molecule has 0 fully saturated rings. The van der Waals surface area contributed by atoms with E-state index in [2.05, 4.69) is 21.3 Å². The van der Waals surface area contributed by atoms with Crippen LogP contribution in [0.15, 0.2) is 0 Å². The molecule has 0 aromatic carbocycles. The molecule has 0 aliphatic carbocycles. The molecule has 0 aromatic heterocycles. The molecule has 17 heteroatoms. The quantitative estimate of drug-likeness (QED) is 0.0490. The lowest BCUT2D eigenvalue weighted by molar-refractivity contribution is -0.142. The van der Waals surface area contributed by atoms with Crippen LogP contribution in [0.25, 0.3) is 0 Å². The topological polar surface area (TPSA) is 245 Å². The summed E-state index contributed by atoms with van der Waals surface area (Å²) in [6, 6.07) is -1.14. The summed E-state index contributed by atoms with van der Waals surface area (Å²) in [6.07, 6.45) is 15.5. The van der Waals surface area contributed by atoms with Gasteiger partial charge >= 0.3 is 11.9 Å². The van der Waals surface area contributed by atoms with Crippen LogP contribution in [0, 0.1) is 0 Å². The minimum atomic E-state index is -1.18. The van der Waals surface area contributed by atoms with Crippen LogP contribution in [0.1, 0.15) is 122 Å². The molecule has 0 spiro atoms. The first-order valence-electron chi connectivity index (χ1n) is 19.9. The zero-order valence-corrected chi connectivity index (χ0v) is 33.0. The first kappa shape index (κ1) is 51.3. The number of nitrogens with one attached hydrogen (secondary N) is 4. The molecule has 0 saturated heterocycles. The van der Waals surface area contributed by atoms with Crippen molar-refractivity contribution in [2.75, 3.05) is 72.5 Å². The predicted molar refractivity (Wildman–Crippen MR) is 203 cm³/mol. The number of carbonyl (C=O) groups is 7. The van der Waals surface area contributed by atoms with Crippen molar-refractivity contribution in [1.82, 2.24) is 21.3 Å². The number of amides is 4. The Balaban J connectivity index is 3.66. The van der Waals surface area contributed by atoms with Gasteiger partial charge in [0.25, 0.3) is 0 Å². The summed E-state index contributed by atoms with van der Waals surface area (Å²) < 4.78 is 21.0. The summed E-state index contributed by atoms with van der Waals surface area (Å²) in [5, 5.41) is 28.3. The molecule has 0 aliphatic rings. The lowest BCUT2D eigenvalue weighted by atomic mass is 10.0. The van der Waals surface area contributed by atoms with E-state index < -0.39 is 18.0 Å². The van der Waals surface area contributed by atoms with Crippen LogP contribution in [0.3, 0.4) is 0 Å². The van der Waals surface area contributed by atoms with E-state index in [9.17, 15) is 38.7 Å². The molecule has 318 valence electrons. The Kier molecular flexibility index (Phi) is 34.8. The largest absolute Gasteiger partial charge is 0.481 e. The van der Waals surface area contributed by atoms with Gasteiger partial charge in [-0.2, -0.15) is 0 Å². The van der Waals surface area contributed by atoms with Crippen molar-refractivity contribution < 1.29 is 62.7 Å². The Hall–Kier alpha value is -3.67. The van der Waals surface area contributed by atoms with E-state index in [1.807, 2.05) is 0 Å². The smallest absolute Gasteiger partial charge is 0.326 e. The van der Waals surface area contributed by atoms with E-state index in [0.717, 1.165) is 38.5 Å². The number of ether oxygens (including phenoxy) is 4. The van der Waals surface area contributed by atoms with Crippen LogP contribution in [0.2, 0.25) is 0 Å². The van der Waals surface area contributed by atoms with Gasteiger partial charge in [-0.05, 0) is 26.2 Å². The number of carbonyl (C=O) groups excluding carboxylic acids is 5. The molecule has 17 nitrogen and oxygen atoms in total. The second kappa shape index (κ2) is 37.3. The van der Waals surface area contributed by atoms with Crippen molar-refractivity contribution in [2.24, 2.45) is 0 Å². The highest BCUT2D eigenvalue weighted by molar-refractivity contribution is 5.85. The Morgan fingerprint density at radius 2 is 0.891 bits per heavy atom. The third kappa shape index (κ3) is 38.4. The van der Waals surface area contributed by atoms with Gasteiger partial charge in [-0.3, -0.25) is 28.8 Å². The number of ketones is 1. The van der Waals surface area contributed by atoms with E-state index >= 15 is 0 Å². The second-order valence-corrected chi connectivity index (χ2v) is 13.3. The molecule has 1 atom stereocenters. The van der Waals surface area contributed by atoms with Gasteiger partial charge in [-0.15, -0.1) is 0 Å². The maximum atomic E-state index is 12.3. The van der Waals surface area contributed by atoms with Gasteiger partial charge < -0.3 is 50.4 Å². The summed E-state index contributed by atoms with van der Waals surface area (Å²) in [5.41, 5.74) is 0. The standard InChI is InChI=1S/C38H68N4O13/c1-31(43)28-41-36(47)30-55-27-25-53-23-21-40-35(46)29-54-26-24-52-22-20-39-33(44)19-18-32(38(50)51)42-34(45)16-14-12-10-8-6-4-2-3-5-7-9-11-13-15-17-37(48)49/h32H,2-30H2,1H3,(H,39,44)(H,40,46)(H,41,47)(H,42,45)(H,48,49)(H,50,51)/t32-/m1/s1. The van der Waals surface area contributed by atoms with E-state index in [4.69, 9.17) is 24.1 Å². The Bertz CT molecular complexity index is 1080. The van der Waals surface area contributed by atoms with Crippen molar-refractivity contribution in [1.29, 1.82) is 0 Å². The van der Waals surface area contributed by atoms with Gasteiger partial charge in [0.15, 0.2) is 0 Å². The van der Waals surface area contributed by atoms with Crippen molar-refractivity contribution >= 4 is 41.4 Å². The molecule has 55 heavy (non-hydrogen) atoms.